The molecule has 1 fully saturated rings. The predicted molar refractivity (Wildman–Crippen MR) is 107 cm³/mol. The number of benzene rings is 2. The monoisotopic (exact) mass is 378 g/mol. The Morgan fingerprint density at radius 3 is 2.61 bits per heavy atom. The van der Waals surface area contributed by atoms with Crippen molar-refractivity contribution in [3.05, 3.63) is 70.8 Å². The van der Waals surface area contributed by atoms with Gasteiger partial charge in [0.1, 0.15) is 6.04 Å². The summed E-state index contributed by atoms with van der Waals surface area (Å²) in [6.45, 7) is 3.77. The van der Waals surface area contributed by atoms with E-state index in [0.717, 1.165) is 37.0 Å². The number of fused-ring (bicyclic) bond motifs is 1. The van der Waals surface area contributed by atoms with E-state index < -0.39 is 6.04 Å². The number of nitrogens with one attached hydrogen (secondary N) is 1. The number of nitrogens with zero attached hydrogens (tertiary/aromatic N) is 1. The molecule has 2 heterocycles. The summed E-state index contributed by atoms with van der Waals surface area (Å²) in [6, 6.07) is 15.0. The average Bonchev–Trinajstić information content (AvgIpc) is 3.34. The Morgan fingerprint density at radius 1 is 1.14 bits per heavy atom. The van der Waals surface area contributed by atoms with E-state index in [1.165, 1.54) is 5.56 Å². The van der Waals surface area contributed by atoms with Crippen LogP contribution in [-0.2, 0) is 22.5 Å². The molecule has 2 amide bonds. The van der Waals surface area contributed by atoms with Crippen LogP contribution in [0.25, 0.3) is 0 Å². The first kappa shape index (κ1) is 18.7. The van der Waals surface area contributed by atoms with Crippen molar-refractivity contribution in [1.29, 1.82) is 0 Å². The van der Waals surface area contributed by atoms with Crippen LogP contribution in [0, 0.1) is 0 Å². The van der Waals surface area contributed by atoms with Crippen LogP contribution >= 0.6 is 0 Å². The van der Waals surface area contributed by atoms with Gasteiger partial charge in [0.15, 0.2) is 0 Å². The number of hydrogen-bond acceptors (Lipinski definition) is 3. The van der Waals surface area contributed by atoms with Crippen molar-refractivity contribution in [2.24, 2.45) is 0 Å². The maximum absolute atomic E-state index is 13.1. The maximum atomic E-state index is 13.1. The van der Waals surface area contributed by atoms with Gasteiger partial charge in [0.25, 0.3) is 5.91 Å². The molecule has 146 valence electrons. The van der Waals surface area contributed by atoms with Gasteiger partial charge in [0.2, 0.25) is 5.91 Å². The Labute approximate surface area is 165 Å². The summed E-state index contributed by atoms with van der Waals surface area (Å²) in [6.07, 6.45) is 3.05. The second-order valence-corrected chi connectivity index (χ2v) is 7.47. The van der Waals surface area contributed by atoms with Gasteiger partial charge in [-0.2, -0.15) is 0 Å². The molecule has 4 rings (SSSR count). The van der Waals surface area contributed by atoms with E-state index in [0.29, 0.717) is 18.7 Å². The van der Waals surface area contributed by atoms with Crippen LogP contribution in [0.2, 0.25) is 0 Å². The largest absolute Gasteiger partial charge is 0.376 e. The fourth-order valence-electron chi connectivity index (χ4n) is 4.01. The zero-order chi connectivity index (χ0) is 19.5. The van der Waals surface area contributed by atoms with Crippen molar-refractivity contribution >= 4 is 11.8 Å². The summed E-state index contributed by atoms with van der Waals surface area (Å²) in [7, 11) is 0. The van der Waals surface area contributed by atoms with Gasteiger partial charge in [0, 0.05) is 25.3 Å². The standard InChI is InChI=1S/C23H26N2O3/c1-2-16-9-11-17(12-10-16)15-25-21(19-7-3-4-8-20(19)23(25)27)22(26)24-14-18-6-5-13-28-18/h3-4,7-12,18,21H,2,5-6,13-15H2,1H3,(H,24,26)/t18-,21+/m0/s1. The highest BCUT2D eigenvalue weighted by Crippen LogP contribution is 2.35. The van der Waals surface area contributed by atoms with Crippen molar-refractivity contribution in [3.63, 3.8) is 0 Å². The fraction of sp³-hybridized carbons (Fsp3) is 0.391. The number of carbonyl (C=O) groups excluding carboxylic acids is 2. The summed E-state index contributed by atoms with van der Waals surface area (Å²) < 4.78 is 5.61. The molecule has 0 radical (unpaired) electrons. The smallest absolute Gasteiger partial charge is 0.255 e. The molecule has 0 bridgehead atoms. The molecule has 0 aliphatic carbocycles. The highest BCUT2D eigenvalue weighted by molar-refractivity contribution is 6.04. The van der Waals surface area contributed by atoms with Gasteiger partial charge in [-0.25, -0.2) is 0 Å². The molecule has 0 saturated carbocycles. The Bertz CT molecular complexity index is 856. The summed E-state index contributed by atoms with van der Waals surface area (Å²) >= 11 is 0. The first-order valence-electron chi connectivity index (χ1n) is 10.0. The number of ether oxygens (including phenoxy) is 1. The highest BCUT2D eigenvalue weighted by Gasteiger charge is 2.40. The normalized spacial score (nSPS) is 21.0. The van der Waals surface area contributed by atoms with E-state index in [2.05, 4.69) is 24.4 Å². The van der Waals surface area contributed by atoms with E-state index >= 15 is 0 Å². The van der Waals surface area contributed by atoms with E-state index in [1.807, 2.05) is 30.3 Å². The molecule has 28 heavy (non-hydrogen) atoms. The minimum atomic E-state index is -0.601. The molecule has 2 aliphatic heterocycles. The van der Waals surface area contributed by atoms with E-state index in [-0.39, 0.29) is 17.9 Å². The molecule has 2 aromatic carbocycles. The van der Waals surface area contributed by atoms with Crippen molar-refractivity contribution in [1.82, 2.24) is 10.2 Å². The molecule has 0 unspecified atom stereocenters. The van der Waals surface area contributed by atoms with E-state index in [4.69, 9.17) is 4.74 Å². The first-order valence-corrected chi connectivity index (χ1v) is 10.0. The summed E-state index contributed by atoms with van der Waals surface area (Å²) in [5.74, 6) is -0.230. The van der Waals surface area contributed by atoms with Crippen LogP contribution in [0.1, 0.15) is 52.9 Å². The van der Waals surface area contributed by atoms with Crippen LogP contribution in [0.5, 0.6) is 0 Å². The number of aryl methyl sites for hydroxylation is 1. The number of carbonyl (C=O) groups is 2. The van der Waals surface area contributed by atoms with Gasteiger partial charge in [-0.05, 0) is 42.0 Å². The van der Waals surface area contributed by atoms with Crippen LogP contribution in [-0.4, -0.2) is 36.0 Å². The quantitative estimate of drug-likeness (QED) is 0.840. The van der Waals surface area contributed by atoms with Crippen LogP contribution in [0.3, 0.4) is 0 Å². The van der Waals surface area contributed by atoms with Crippen molar-refractivity contribution < 1.29 is 14.3 Å². The van der Waals surface area contributed by atoms with Crippen LogP contribution < -0.4 is 5.32 Å². The zero-order valence-electron chi connectivity index (χ0n) is 16.2. The molecule has 2 aromatic rings. The molecule has 1 N–H and O–H groups in total. The Morgan fingerprint density at radius 2 is 1.89 bits per heavy atom. The lowest BCUT2D eigenvalue weighted by atomic mass is 10.0. The topological polar surface area (TPSA) is 58.6 Å². The Balaban J connectivity index is 1.55. The minimum Gasteiger partial charge on any atom is -0.376 e. The lowest BCUT2D eigenvalue weighted by molar-refractivity contribution is -0.126. The minimum absolute atomic E-state index is 0.0753. The van der Waals surface area contributed by atoms with Crippen molar-refractivity contribution in [2.45, 2.75) is 44.9 Å². The van der Waals surface area contributed by atoms with E-state index in [9.17, 15) is 9.59 Å². The van der Waals surface area contributed by atoms with Gasteiger partial charge in [-0.3, -0.25) is 9.59 Å². The summed E-state index contributed by atoms with van der Waals surface area (Å²) in [5.41, 5.74) is 3.67. The van der Waals surface area contributed by atoms with Gasteiger partial charge in [0.05, 0.1) is 6.10 Å². The predicted octanol–water partition coefficient (Wildman–Crippen LogP) is 3.24. The molecule has 2 aliphatic rings. The molecule has 1 saturated heterocycles. The maximum Gasteiger partial charge on any atom is 0.255 e. The van der Waals surface area contributed by atoms with Crippen LogP contribution in [0.4, 0.5) is 0 Å². The highest BCUT2D eigenvalue weighted by atomic mass is 16.5. The number of amides is 2. The van der Waals surface area contributed by atoms with Crippen LogP contribution in [0.15, 0.2) is 48.5 Å². The third kappa shape index (κ3) is 3.67. The molecule has 5 nitrogen and oxygen atoms in total. The molecular formula is C23H26N2O3. The molecule has 2 atom stereocenters. The Hall–Kier alpha value is -2.66. The fourth-order valence-corrected chi connectivity index (χ4v) is 4.01. The second kappa shape index (κ2) is 8.15. The van der Waals surface area contributed by atoms with E-state index in [1.54, 1.807) is 11.0 Å². The third-order valence-electron chi connectivity index (χ3n) is 5.62. The molecular weight excluding hydrogens is 352 g/mol. The van der Waals surface area contributed by atoms with Gasteiger partial charge >= 0.3 is 0 Å². The van der Waals surface area contributed by atoms with Gasteiger partial charge in [-0.1, -0.05) is 49.4 Å². The first-order chi connectivity index (χ1) is 13.7. The average molecular weight is 378 g/mol. The molecule has 0 spiro atoms. The summed E-state index contributed by atoms with van der Waals surface area (Å²) in [4.78, 5) is 27.7. The lowest BCUT2D eigenvalue weighted by Gasteiger charge is -2.25. The molecule has 5 heteroatoms. The third-order valence-corrected chi connectivity index (χ3v) is 5.62. The summed E-state index contributed by atoms with van der Waals surface area (Å²) in [5, 5.41) is 3.00. The van der Waals surface area contributed by atoms with Crippen molar-refractivity contribution in [3.8, 4) is 0 Å². The lowest BCUT2D eigenvalue weighted by Crippen LogP contribution is -2.41. The van der Waals surface area contributed by atoms with Gasteiger partial charge < -0.3 is 15.0 Å². The number of hydrogen-bond donors (Lipinski definition) is 1. The number of rotatable bonds is 6. The second-order valence-electron chi connectivity index (χ2n) is 7.47. The van der Waals surface area contributed by atoms with Gasteiger partial charge in [-0.15, -0.1) is 0 Å². The Kier molecular flexibility index (Phi) is 5.44. The SMILES string of the molecule is CCc1ccc(CN2C(=O)c3ccccc3[C@@H]2C(=O)NC[C@@H]2CCCO2)cc1. The zero-order valence-corrected chi connectivity index (χ0v) is 16.2. The molecule has 0 aromatic heterocycles. The van der Waals surface area contributed by atoms with Crippen molar-refractivity contribution in [2.75, 3.05) is 13.2 Å².